The van der Waals surface area contributed by atoms with Gasteiger partial charge in [0.15, 0.2) is 0 Å². The maximum absolute atomic E-state index is 12.4. The number of halogens is 1. The molecule has 4 nitrogen and oxygen atoms in total. The molecule has 0 radical (unpaired) electrons. The molecule has 2 saturated heterocycles. The van der Waals surface area contributed by atoms with Crippen molar-refractivity contribution >= 4 is 21.8 Å². The van der Waals surface area contributed by atoms with Crippen LogP contribution in [-0.2, 0) is 10.2 Å². The van der Waals surface area contributed by atoms with Gasteiger partial charge in [-0.15, -0.1) is 11.6 Å². The summed E-state index contributed by atoms with van der Waals surface area (Å²) in [6.07, 6.45) is 5.18. The average Bonchev–Trinajstić information content (AvgIpc) is 2.64. The molecule has 0 N–H and O–H groups in total. The molecule has 1 unspecified atom stereocenters. The van der Waals surface area contributed by atoms with Gasteiger partial charge in [0.25, 0.3) is 10.2 Å². The second-order valence-corrected chi connectivity index (χ2v) is 7.23. The summed E-state index contributed by atoms with van der Waals surface area (Å²) < 4.78 is 28.1. The molecule has 0 spiro atoms. The summed E-state index contributed by atoms with van der Waals surface area (Å²) in [6, 6.07) is 0. The van der Waals surface area contributed by atoms with Crippen molar-refractivity contribution < 1.29 is 8.42 Å². The number of rotatable bonds is 3. The number of hydrogen-bond donors (Lipinski definition) is 0. The Hall–Kier alpha value is 0.160. The van der Waals surface area contributed by atoms with Crippen molar-refractivity contribution in [3.63, 3.8) is 0 Å². The van der Waals surface area contributed by atoms with E-state index in [1.54, 1.807) is 8.61 Å². The molecule has 100 valence electrons. The number of hydrogen-bond acceptors (Lipinski definition) is 2. The SMILES string of the molecule is O=S(=O)(N1CCCCCC1)N1CCC(CCl)C1. The summed E-state index contributed by atoms with van der Waals surface area (Å²) in [5.41, 5.74) is 0. The van der Waals surface area contributed by atoms with Gasteiger partial charge >= 0.3 is 0 Å². The molecule has 0 aromatic heterocycles. The zero-order valence-electron chi connectivity index (χ0n) is 10.1. The van der Waals surface area contributed by atoms with Gasteiger partial charge < -0.3 is 0 Å². The van der Waals surface area contributed by atoms with Gasteiger partial charge in [-0.2, -0.15) is 17.0 Å². The summed E-state index contributed by atoms with van der Waals surface area (Å²) in [7, 11) is -3.22. The standard InChI is InChI=1S/C11H21ClN2O2S/c12-9-11-5-8-14(10-11)17(15,16)13-6-3-1-2-4-7-13/h11H,1-10H2. The molecule has 1 atom stereocenters. The van der Waals surface area contributed by atoms with Crippen molar-refractivity contribution in [2.45, 2.75) is 32.1 Å². The van der Waals surface area contributed by atoms with E-state index < -0.39 is 10.2 Å². The van der Waals surface area contributed by atoms with E-state index in [-0.39, 0.29) is 0 Å². The first-order valence-electron chi connectivity index (χ1n) is 6.46. The highest BCUT2D eigenvalue weighted by Crippen LogP contribution is 2.24. The fourth-order valence-corrected chi connectivity index (χ4v) is 4.60. The summed E-state index contributed by atoms with van der Waals surface area (Å²) in [5.74, 6) is 0.893. The lowest BCUT2D eigenvalue weighted by Gasteiger charge is -2.26. The van der Waals surface area contributed by atoms with Crippen LogP contribution in [0.15, 0.2) is 0 Å². The van der Waals surface area contributed by atoms with Crippen LogP contribution in [0.25, 0.3) is 0 Å². The molecular weight excluding hydrogens is 260 g/mol. The number of nitrogens with zero attached hydrogens (tertiary/aromatic N) is 2. The summed E-state index contributed by atoms with van der Waals surface area (Å²) in [5, 5.41) is 0. The summed E-state index contributed by atoms with van der Waals surface area (Å²) in [6.45, 7) is 2.60. The van der Waals surface area contributed by atoms with Gasteiger partial charge in [-0.05, 0) is 25.2 Å². The average molecular weight is 281 g/mol. The predicted octanol–water partition coefficient (Wildman–Crippen LogP) is 1.67. The summed E-state index contributed by atoms with van der Waals surface area (Å²) in [4.78, 5) is 0. The topological polar surface area (TPSA) is 40.6 Å². The van der Waals surface area contributed by atoms with Crippen LogP contribution in [0.1, 0.15) is 32.1 Å². The quantitative estimate of drug-likeness (QED) is 0.738. The lowest BCUT2D eigenvalue weighted by Crippen LogP contribution is -2.43. The third kappa shape index (κ3) is 3.13. The molecule has 0 bridgehead atoms. The van der Waals surface area contributed by atoms with E-state index in [2.05, 4.69) is 0 Å². The van der Waals surface area contributed by atoms with Crippen molar-refractivity contribution in [3.8, 4) is 0 Å². The Kier molecular flexibility index (Phi) is 4.69. The Morgan fingerprint density at radius 1 is 1.00 bits per heavy atom. The van der Waals surface area contributed by atoms with E-state index in [0.717, 1.165) is 32.1 Å². The predicted molar refractivity (Wildman–Crippen MR) is 69.4 cm³/mol. The molecule has 17 heavy (non-hydrogen) atoms. The molecule has 0 aliphatic carbocycles. The fraction of sp³-hybridized carbons (Fsp3) is 1.00. The van der Waals surface area contributed by atoms with E-state index >= 15 is 0 Å². The highest BCUT2D eigenvalue weighted by atomic mass is 35.5. The van der Waals surface area contributed by atoms with Gasteiger partial charge in [-0.25, -0.2) is 0 Å². The van der Waals surface area contributed by atoms with E-state index in [9.17, 15) is 8.42 Å². The van der Waals surface area contributed by atoms with Crippen LogP contribution in [0.5, 0.6) is 0 Å². The molecule has 2 aliphatic heterocycles. The molecule has 2 fully saturated rings. The minimum atomic E-state index is -3.22. The zero-order chi connectivity index (χ0) is 12.3. The zero-order valence-corrected chi connectivity index (χ0v) is 11.7. The van der Waals surface area contributed by atoms with Crippen molar-refractivity contribution in [1.29, 1.82) is 0 Å². The summed E-state index contributed by atoms with van der Waals surface area (Å²) >= 11 is 5.80. The van der Waals surface area contributed by atoms with Gasteiger partial charge in [0, 0.05) is 32.1 Å². The maximum Gasteiger partial charge on any atom is 0.281 e. The highest BCUT2D eigenvalue weighted by Gasteiger charge is 2.35. The second kappa shape index (κ2) is 5.87. The minimum Gasteiger partial charge on any atom is -0.195 e. The van der Waals surface area contributed by atoms with Crippen LogP contribution in [0.4, 0.5) is 0 Å². The first kappa shape index (κ1) is 13.6. The van der Waals surface area contributed by atoms with Crippen LogP contribution in [0, 0.1) is 5.92 Å². The molecule has 0 amide bonds. The van der Waals surface area contributed by atoms with Gasteiger partial charge in [-0.1, -0.05) is 12.8 Å². The minimum absolute atomic E-state index is 0.332. The lowest BCUT2D eigenvalue weighted by molar-refractivity contribution is 0.363. The van der Waals surface area contributed by atoms with Crippen LogP contribution in [0.2, 0.25) is 0 Å². The van der Waals surface area contributed by atoms with E-state index in [1.165, 1.54) is 0 Å². The second-order valence-electron chi connectivity index (χ2n) is 4.99. The van der Waals surface area contributed by atoms with Crippen LogP contribution in [-0.4, -0.2) is 49.1 Å². The largest absolute Gasteiger partial charge is 0.281 e. The molecule has 0 aromatic carbocycles. The van der Waals surface area contributed by atoms with Crippen LogP contribution >= 0.6 is 11.6 Å². The Morgan fingerprint density at radius 3 is 2.18 bits per heavy atom. The fourth-order valence-electron chi connectivity index (χ4n) is 2.57. The van der Waals surface area contributed by atoms with Crippen LogP contribution in [0.3, 0.4) is 0 Å². The number of alkyl halides is 1. The smallest absolute Gasteiger partial charge is 0.195 e. The third-order valence-corrected chi connectivity index (χ3v) is 6.12. The Morgan fingerprint density at radius 2 is 1.65 bits per heavy atom. The van der Waals surface area contributed by atoms with Crippen molar-refractivity contribution in [2.75, 3.05) is 32.1 Å². The van der Waals surface area contributed by atoms with Crippen molar-refractivity contribution in [2.24, 2.45) is 5.92 Å². The van der Waals surface area contributed by atoms with Crippen molar-refractivity contribution in [3.05, 3.63) is 0 Å². The molecular formula is C11H21ClN2O2S. The van der Waals surface area contributed by atoms with Gasteiger partial charge in [0.2, 0.25) is 0 Å². The monoisotopic (exact) mass is 280 g/mol. The lowest BCUT2D eigenvalue weighted by atomic mass is 10.2. The highest BCUT2D eigenvalue weighted by molar-refractivity contribution is 7.86. The van der Waals surface area contributed by atoms with Gasteiger partial charge in [0.05, 0.1) is 0 Å². The Bertz CT molecular complexity index is 339. The molecule has 6 heteroatoms. The van der Waals surface area contributed by atoms with Crippen molar-refractivity contribution in [1.82, 2.24) is 8.61 Å². The molecule has 0 aromatic rings. The molecule has 2 aliphatic rings. The molecule has 2 heterocycles. The van der Waals surface area contributed by atoms with E-state index in [4.69, 9.17) is 11.6 Å². The molecule has 0 saturated carbocycles. The van der Waals surface area contributed by atoms with E-state index in [1.807, 2.05) is 0 Å². The van der Waals surface area contributed by atoms with E-state index in [0.29, 0.717) is 38.0 Å². The normalized spacial score (nSPS) is 29.4. The Labute approximate surface area is 109 Å². The maximum atomic E-state index is 12.4. The van der Waals surface area contributed by atoms with Crippen LogP contribution < -0.4 is 0 Å². The first-order valence-corrected chi connectivity index (χ1v) is 8.39. The van der Waals surface area contributed by atoms with Gasteiger partial charge in [0.1, 0.15) is 0 Å². The third-order valence-electron chi connectivity index (χ3n) is 3.68. The molecule has 2 rings (SSSR count). The Balaban J connectivity index is 2.02. The first-order chi connectivity index (χ1) is 8.14. The van der Waals surface area contributed by atoms with Gasteiger partial charge in [-0.3, -0.25) is 0 Å².